The number of carbonyl (C=O) groups is 2. The monoisotopic (exact) mass is 307 g/mol. The zero-order valence-corrected chi connectivity index (χ0v) is 13.8. The van der Waals surface area contributed by atoms with Crippen molar-refractivity contribution < 1.29 is 14.3 Å². The fourth-order valence-electron chi connectivity index (χ4n) is 1.72. The molecular formula is C16H25N3O3. The van der Waals surface area contributed by atoms with Crippen molar-refractivity contribution in [3.05, 3.63) is 24.3 Å². The molecule has 0 fully saturated rings. The molecule has 0 aromatic heterocycles. The van der Waals surface area contributed by atoms with Gasteiger partial charge in [0.05, 0.1) is 6.61 Å². The zero-order chi connectivity index (χ0) is 16.8. The molecule has 0 aliphatic rings. The Morgan fingerprint density at radius 3 is 2.27 bits per heavy atom. The number of rotatable bonds is 5. The number of nitrogens with one attached hydrogen (secondary N) is 3. The first-order valence-corrected chi connectivity index (χ1v) is 7.33. The Kier molecular flexibility index (Phi) is 6.22. The van der Waals surface area contributed by atoms with Crippen LogP contribution in [-0.2, 0) is 4.79 Å². The van der Waals surface area contributed by atoms with E-state index in [9.17, 15) is 9.59 Å². The number of amides is 3. The maximum absolute atomic E-state index is 12.0. The third-order valence-corrected chi connectivity index (χ3v) is 2.67. The summed E-state index contributed by atoms with van der Waals surface area (Å²) in [7, 11) is 0. The van der Waals surface area contributed by atoms with Crippen LogP contribution in [0.2, 0.25) is 0 Å². The first-order valence-electron chi connectivity index (χ1n) is 7.33. The minimum atomic E-state index is -0.538. The minimum Gasteiger partial charge on any atom is -0.494 e. The van der Waals surface area contributed by atoms with Crippen molar-refractivity contribution in [3.63, 3.8) is 0 Å². The Balaban J connectivity index is 2.51. The minimum absolute atomic E-state index is 0.393. The van der Waals surface area contributed by atoms with Crippen molar-refractivity contribution in [1.29, 1.82) is 0 Å². The van der Waals surface area contributed by atoms with Crippen molar-refractivity contribution in [1.82, 2.24) is 10.6 Å². The molecule has 22 heavy (non-hydrogen) atoms. The average molecular weight is 307 g/mol. The SMILES string of the molecule is CCOc1ccc(N[C@@H](C)C(=O)NC(=O)NC(C)(C)C)cc1. The highest BCUT2D eigenvalue weighted by atomic mass is 16.5. The lowest BCUT2D eigenvalue weighted by Gasteiger charge is -2.21. The molecule has 1 atom stereocenters. The van der Waals surface area contributed by atoms with E-state index in [1.807, 2.05) is 52.0 Å². The van der Waals surface area contributed by atoms with E-state index >= 15 is 0 Å². The van der Waals surface area contributed by atoms with Gasteiger partial charge in [-0.3, -0.25) is 10.1 Å². The molecule has 0 saturated heterocycles. The molecule has 1 rings (SSSR count). The van der Waals surface area contributed by atoms with Gasteiger partial charge in [-0.15, -0.1) is 0 Å². The van der Waals surface area contributed by atoms with Gasteiger partial charge in [0.15, 0.2) is 0 Å². The van der Waals surface area contributed by atoms with Gasteiger partial charge in [-0.25, -0.2) is 4.79 Å². The van der Waals surface area contributed by atoms with Gasteiger partial charge < -0.3 is 15.4 Å². The first kappa shape index (κ1) is 17.8. The van der Waals surface area contributed by atoms with Crippen LogP contribution in [0.5, 0.6) is 5.75 Å². The average Bonchev–Trinajstić information content (AvgIpc) is 2.39. The Morgan fingerprint density at radius 1 is 1.18 bits per heavy atom. The van der Waals surface area contributed by atoms with Gasteiger partial charge in [-0.1, -0.05) is 0 Å². The van der Waals surface area contributed by atoms with Crippen LogP contribution in [0.3, 0.4) is 0 Å². The number of hydrogen-bond acceptors (Lipinski definition) is 4. The topological polar surface area (TPSA) is 79.5 Å². The second-order valence-electron chi connectivity index (χ2n) is 6.02. The molecule has 122 valence electrons. The zero-order valence-electron chi connectivity index (χ0n) is 13.8. The van der Waals surface area contributed by atoms with Crippen LogP contribution in [0.1, 0.15) is 34.6 Å². The first-order chi connectivity index (χ1) is 10.2. The third-order valence-electron chi connectivity index (χ3n) is 2.67. The lowest BCUT2D eigenvalue weighted by Crippen LogP contribution is -2.51. The molecule has 6 nitrogen and oxygen atoms in total. The summed E-state index contributed by atoms with van der Waals surface area (Å²) in [6, 6.07) is 6.25. The molecule has 6 heteroatoms. The Morgan fingerprint density at radius 2 is 1.77 bits per heavy atom. The Bertz CT molecular complexity index is 506. The van der Waals surface area contributed by atoms with Crippen LogP contribution in [-0.4, -0.2) is 30.1 Å². The van der Waals surface area contributed by atoms with Crippen molar-refractivity contribution in [3.8, 4) is 5.75 Å². The maximum Gasteiger partial charge on any atom is 0.321 e. The largest absolute Gasteiger partial charge is 0.494 e. The number of carbonyl (C=O) groups excluding carboxylic acids is 2. The lowest BCUT2D eigenvalue weighted by molar-refractivity contribution is -0.120. The highest BCUT2D eigenvalue weighted by molar-refractivity contribution is 5.98. The van der Waals surface area contributed by atoms with Crippen molar-refractivity contribution in [2.45, 2.75) is 46.2 Å². The molecule has 3 amide bonds. The van der Waals surface area contributed by atoms with E-state index in [0.29, 0.717) is 6.61 Å². The third kappa shape index (κ3) is 6.47. The van der Waals surface area contributed by atoms with E-state index in [1.54, 1.807) is 6.92 Å². The highest BCUT2D eigenvalue weighted by Gasteiger charge is 2.19. The van der Waals surface area contributed by atoms with Crippen LogP contribution in [0.25, 0.3) is 0 Å². The summed E-state index contributed by atoms with van der Waals surface area (Å²) in [5, 5.41) is 8.02. The molecule has 0 radical (unpaired) electrons. The smallest absolute Gasteiger partial charge is 0.321 e. The van der Waals surface area contributed by atoms with Gasteiger partial charge in [0.1, 0.15) is 11.8 Å². The summed E-state index contributed by atoms with van der Waals surface area (Å²) in [5.74, 6) is 0.380. The Hall–Kier alpha value is -2.24. The van der Waals surface area contributed by atoms with E-state index in [-0.39, 0.29) is 0 Å². The molecule has 3 N–H and O–H groups in total. The summed E-state index contributed by atoms with van der Waals surface area (Å²) < 4.78 is 5.35. The van der Waals surface area contributed by atoms with E-state index < -0.39 is 23.5 Å². The van der Waals surface area contributed by atoms with Gasteiger partial charge in [0.2, 0.25) is 5.91 Å². The second kappa shape index (κ2) is 7.68. The van der Waals surface area contributed by atoms with E-state index in [4.69, 9.17) is 4.74 Å². The molecule has 1 aromatic carbocycles. The van der Waals surface area contributed by atoms with Crippen molar-refractivity contribution in [2.24, 2.45) is 0 Å². The van der Waals surface area contributed by atoms with Crippen LogP contribution in [0, 0.1) is 0 Å². The lowest BCUT2D eigenvalue weighted by atomic mass is 10.1. The number of ether oxygens (including phenoxy) is 1. The number of urea groups is 1. The fourth-order valence-corrected chi connectivity index (χ4v) is 1.72. The summed E-state index contributed by atoms with van der Waals surface area (Å²) in [6.45, 7) is 9.75. The van der Waals surface area contributed by atoms with Gasteiger partial charge in [0.25, 0.3) is 0 Å². The predicted octanol–water partition coefficient (Wildman–Crippen LogP) is 2.51. The van der Waals surface area contributed by atoms with E-state index in [2.05, 4.69) is 16.0 Å². The number of imide groups is 1. The van der Waals surface area contributed by atoms with Crippen LogP contribution >= 0.6 is 0 Å². The highest BCUT2D eigenvalue weighted by Crippen LogP contribution is 2.16. The number of hydrogen-bond donors (Lipinski definition) is 3. The number of benzene rings is 1. The number of anilines is 1. The van der Waals surface area contributed by atoms with Gasteiger partial charge in [0, 0.05) is 11.2 Å². The Labute approximate surface area is 131 Å². The molecule has 0 bridgehead atoms. The molecule has 1 aromatic rings. The summed E-state index contributed by atoms with van der Waals surface area (Å²) in [5.41, 5.74) is 0.387. The van der Waals surface area contributed by atoms with Crippen molar-refractivity contribution >= 4 is 17.6 Å². The molecule has 0 spiro atoms. The molecule has 0 aliphatic heterocycles. The second-order valence-corrected chi connectivity index (χ2v) is 6.02. The summed E-state index contributed by atoms with van der Waals surface area (Å²) >= 11 is 0. The summed E-state index contributed by atoms with van der Waals surface area (Å²) in [4.78, 5) is 23.6. The quantitative estimate of drug-likeness (QED) is 0.781. The van der Waals surface area contributed by atoms with Crippen molar-refractivity contribution in [2.75, 3.05) is 11.9 Å². The molecule has 0 heterocycles. The predicted molar refractivity (Wildman–Crippen MR) is 87.1 cm³/mol. The summed E-state index contributed by atoms with van der Waals surface area (Å²) in [6.07, 6.45) is 0. The molecule has 0 saturated carbocycles. The van der Waals surface area contributed by atoms with E-state index in [1.165, 1.54) is 0 Å². The van der Waals surface area contributed by atoms with Crippen LogP contribution < -0.4 is 20.7 Å². The van der Waals surface area contributed by atoms with Gasteiger partial charge in [-0.05, 0) is 58.9 Å². The van der Waals surface area contributed by atoms with Gasteiger partial charge >= 0.3 is 6.03 Å². The standard InChI is InChI=1S/C16H25N3O3/c1-6-22-13-9-7-12(8-10-13)17-11(2)14(20)18-15(21)19-16(3,4)5/h7-11,17H,6H2,1-5H3,(H2,18,19,20,21)/t11-/m0/s1. The molecular weight excluding hydrogens is 282 g/mol. The maximum atomic E-state index is 12.0. The molecule has 0 unspecified atom stereocenters. The van der Waals surface area contributed by atoms with E-state index in [0.717, 1.165) is 11.4 Å². The fraction of sp³-hybridized carbons (Fsp3) is 0.500. The van der Waals surface area contributed by atoms with Crippen LogP contribution in [0.15, 0.2) is 24.3 Å². The molecule has 0 aliphatic carbocycles. The van der Waals surface area contributed by atoms with Gasteiger partial charge in [-0.2, -0.15) is 0 Å². The van der Waals surface area contributed by atoms with Crippen LogP contribution in [0.4, 0.5) is 10.5 Å². The normalized spacial score (nSPS) is 12.2.